The van der Waals surface area contributed by atoms with Crippen molar-refractivity contribution in [3.05, 3.63) is 58.1 Å². The van der Waals surface area contributed by atoms with Crippen LogP contribution in [-0.2, 0) is 11.2 Å². The number of methoxy groups -OCH3 is 1. The first-order chi connectivity index (χ1) is 16.2. The van der Waals surface area contributed by atoms with Crippen LogP contribution in [0.2, 0.25) is 0 Å². The zero-order chi connectivity index (χ0) is 22.6. The van der Waals surface area contributed by atoms with E-state index in [2.05, 4.69) is 48.8 Å². The molecule has 10 heteroatoms. The van der Waals surface area contributed by atoms with Crippen LogP contribution in [0, 0.1) is 3.57 Å². The van der Waals surface area contributed by atoms with E-state index in [4.69, 9.17) is 19.6 Å². The average molecular weight is 557 g/mol. The van der Waals surface area contributed by atoms with Crippen molar-refractivity contribution in [1.29, 1.82) is 0 Å². The molecule has 33 heavy (non-hydrogen) atoms. The van der Waals surface area contributed by atoms with Crippen molar-refractivity contribution in [2.75, 3.05) is 45.3 Å². The number of rotatable bonds is 7. The number of morpholine rings is 1. The maximum atomic E-state index is 5.48. The second kappa shape index (κ2) is 9.98. The molecule has 4 aromatic rings. The van der Waals surface area contributed by atoms with E-state index in [0.29, 0.717) is 17.4 Å². The van der Waals surface area contributed by atoms with Crippen LogP contribution in [-0.4, -0.2) is 69.4 Å². The number of pyridine rings is 2. The molecule has 4 aromatic heterocycles. The van der Waals surface area contributed by atoms with E-state index < -0.39 is 0 Å². The lowest BCUT2D eigenvalue weighted by molar-refractivity contribution is 0.0385. The number of fused-ring (bicyclic) bond motifs is 1. The van der Waals surface area contributed by atoms with Crippen LogP contribution in [0.4, 0.5) is 11.5 Å². The highest BCUT2D eigenvalue weighted by Crippen LogP contribution is 2.28. The minimum Gasteiger partial charge on any atom is -0.481 e. The molecular formula is C23H24IN7O2. The SMILES string of the molecule is COc1cccc(-c2nc(Nc3ccncc3I)c3c(CCN4CCOCC4)ccn3n2)n1. The van der Waals surface area contributed by atoms with Gasteiger partial charge in [0.2, 0.25) is 11.7 Å². The van der Waals surface area contributed by atoms with E-state index in [1.54, 1.807) is 19.4 Å². The number of hydrogen-bond donors (Lipinski definition) is 1. The molecule has 5 heterocycles. The summed E-state index contributed by atoms with van der Waals surface area (Å²) in [5.74, 6) is 1.77. The molecule has 0 bridgehead atoms. The van der Waals surface area contributed by atoms with Gasteiger partial charge in [-0.1, -0.05) is 6.07 Å². The lowest BCUT2D eigenvalue weighted by Crippen LogP contribution is -2.37. The molecule has 0 amide bonds. The third-order valence-electron chi connectivity index (χ3n) is 5.58. The van der Waals surface area contributed by atoms with Crippen molar-refractivity contribution in [2.45, 2.75) is 6.42 Å². The molecule has 170 valence electrons. The molecule has 0 radical (unpaired) electrons. The van der Waals surface area contributed by atoms with Crippen molar-refractivity contribution in [3.63, 3.8) is 0 Å². The Labute approximate surface area is 205 Å². The number of hydrogen-bond acceptors (Lipinski definition) is 8. The van der Waals surface area contributed by atoms with E-state index in [9.17, 15) is 0 Å². The molecule has 0 unspecified atom stereocenters. The summed E-state index contributed by atoms with van der Waals surface area (Å²) in [4.78, 5) is 16.0. The Balaban J connectivity index is 1.55. The quantitative estimate of drug-likeness (QED) is 0.346. The maximum Gasteiger partial charge on any atom is 0.213 e. The summed E-state index contributed by atoms with van der Waals surface area (Å²) >= 11 is 2.27. The summed E-state index contributed by atoms with van der Waals surface area (Å²) in [6.07, 6.45) is 6.48. The van der Waals surface area contributed by atoms with Crippen molar-refractivity contribution in [2.24, 2.45) is 0 Å². The van der Waals surface area contributed by atoms with Gasteiger partial charge in [0, 0.05) is 44.3 Å². The van der Waals surface area contributed by atoms with E-state index in [0.717, 1.165) is 59.9 Å². The van der Waals surface area contributed by atoms with Gasteiger partial charge in [-0.05, 0) is 52.8 Å². The Morgan fingerprint density at radius 2 is 2.03 bits per heavy atom. The first-order valence-electron chi connectivity index (χ1n) is 10.8. The third kappa shape index (κ3) is 4.92. The number of anilines is 2. The minimum atomic E-state index is 0.517. The fourth-order valence-electron chi connectivity index (χ4n) is 3.85. The number of nitrogens with zero attached hydrogens (tertiary/aromatic N) is 6. The third-order valence-corrected chi connectivity index (χ3v) is 6.44. The highest BCUT2D eigenvalue weighted by molar-refractivity contribution is 14.1. The van der Waals surface area contributed by atoms with Gasteiger partial charge in [-0.2, -0.15) is 0 Å². The van der Waals surface area contributed by atoms with E-state index >= 15 is 0 Å². The lowest BCUT2D eigenvalue weighted by Gasteiger charge is -2.26. The summed E-state index contributed by atoms with van der Waals surface area (Å²) in [6.45, 7) is 4.49. The van der Waals surface area contributed by atoms with Gasteiger partial charge in [0.15, 0.2) is 5.82 Å². The van der Waals surface area contributed by atoms with Crippen LogP contribution in [0.25, 0.3) is 17.0 Å². The van der Waals surface area contributed by atoms with Gasteiger partial charge in [0.1, 0.15) is 11.2 Å². The van der Waals surface area contributed by atoms with Crippen LogP contribution in [0.1, 0.15) is 5.56 Å². The first kappa shape index (κ1) is 22.0. The van der Waals surface area contributed by atoms with Crippen LogP contribution >= 0.6 is 22.6 Å². The summed E-state index contributed by atoms with van der Waals surface area (Å²) in [6, 6.07) is 9.64. The van der Waals surface area contributed by atoms with Crippen LogP contribution in [0.5, 0.6) is 5.88 Å². The predicted octanol–water partition coefficient (Wildman–Crippen LogP) is 3.42. The van der Waals surface area contributed by atoms with E-state index in [-0.39, 0.29) is 0 Å². The topological polar surface area (TPSA) is 89.7 Å². The Morgan fingerprint density at radius 3 is 2.85 bits per heavy atom. The Bertz CT molecular complexity index is 1260. The summed E-state index contributed by atoms with van der Waals surface area (Å²) in [5.41, 5.74) is 3.74. The standard InChI is InChI=1S/C23H24IN7O2/c1-32-20-4-2-3-19(26-20)22-28-23(27-18-5-8-25-15-17(18)24)21-16(7-10-31(21)29-22)6-9-30-11-13-33-14-12-30/h2-5,7-8,10,15H,6,9,11-14H2,1H3,(H,25,27,28,29). The van der Waals surface area contributed by atoms with Gasteiger partial charge >= 0.3 is 0 Å². The first-order valence-corrected chi connectivity index (χ1v) is 11.9. The molecule has 0 aliphatic carbocycles. The van der Waals surface area contributed by atoms with Gasteiger partial charge in [-0.15, -0.1) is 5.10 Å². The van der Waals surface area contributed by atoms with Crippen molar-refractivity contribution >= 4 is 39.6 Å². The van der Waals surface area contributed by atoms with E-state index in [1.165, 1.54) is 5.56 Å². The molecule has 5 rings (SSSR count). The number of nitrogens with one attached hydrogen (secondary N) is 1. The zero-order valence-corrected chi connectivity index (χ0v) is 20.4. The van der Waals surface area contributed by atoms with Gasteiger partial charge in [-0.3, -0.25) is 9.88 Å². The van der Waals surface area contributed by atoms with Crippen molar-refractivity contribution in [3.8, 4) is 17.4 Å². The highest BCUT2D eigenvalue weighted by atomic mass is 127. The van der Waals surface area contributed by atoms with Gasteiger partial charge in [0.25, 0.3) is 0 Å². The molecule has 0 atom stereocenters. The van der Waals surface area contributed by atoms with Gasteiger partial charge in [0.05, 0.1) is 29.6 Å². The summed E-state index contributed by atoms with van der Waals surface area (Å²) < 4.78 is 13.7. The average Bonchev–Trinajstić information content (AvgIpc) is 3.28. The Morgan fingerprint density at radius 1 is 1.15 bits per heavy atom. The molecule has 0 saturated carbocycles. The molecule has 9 nitrogen and oxygen atoms in total. The Kier molecular flexibility index (Phi) is 6.65. The normalized spacial score (nSPS) is 14.5. The van der Waals surface area contributed by atoms with Crippen LogP contribution < -0.4 is 10.1 Å². The summed E-state index contributed by atoms with van der Waals surface area (Å²) in [7, 11) is 1.60. The molecule has 0 aromatic carbocycles. The largest absolute Gasteiger partial charge is 0.481 e. The Hall–Kier alpha value is -2.83. The number of aromatic nitrogens is 5. The number of halogens is 1. The predicted molar refractivity (Wildman–Crippen MR) is 134 cm³/mol. The lowest BCUT2D eigenvalue weighted by atomic mass is 10.2. The smallest absolute Gasteiger partial charge is 0.213 e. The minimum absolute atomic E-state index is 0.517. The summed E-state index contributed by atoms with van der Waals surface area (Å²) in [5, 5.41) is 8.27. The second-order valence-electron chi connectivity index (χ2n) is 7.67. The van der Waals surface area contributed by atoms with Crippen LogP contribution in [0.3, 0.4) is 0 Å². The maximum absolute atomic E-state index is 5.48. The number of ether oxygens (including phenoxy) is 2. The second-order valence-corrected chi connectivity index (χ2v) is 8.83. The zero-order valence-electron chi connectivity index (χ0n) is 18.2. The van der Waals surface area contributed by atoms with Gasteiger partial charge < -0.3 is 14.8 Å². The molecule has 1 N–H and O–H groups in total. The molecule has 1 fully saturated rings. The molecule has 1 aliphatic rings. The van der Waals surface area contributed by atoms with Gasteiger partial charge in [-0.25, -0.2) is 14.5 Å². The fraction of sp³-hybridized carbons (Fsp3) is 0.304. The van der Waals surface area contributed by atoms with Crippen molar-refractivity contribution < 1.29 is 9.47 Å². The molecule has 0 spiro atoms. The fourth-order valence-corrected chi connectivity index (χ4v) is 4.32. The molecule has 1 saturated heterocycles. The molecular weight excluding hydrogens is 533 g/mol. The van der Waals surface area contributed by atoms with E-state index in [1.807, 2.05) is 35.1 Å². The highest BCUT2D eigenvalue weighted by Gasteiger charge is 2.17. The monoisotopic (exact) mass is 557 g/mol. The van der Waals surface area contributed by atoms with Crippen molar-refractivity contribution in [1.82, 2.24) is 29.5 Å². The van der Waals surface area contributed by atoms with Crippen LogP contribution in [0.15, 0.2) is 48.9 Å². The molecule has 1 aliphatic heterocycles.